The van der Waals surface area contributed by atoms with Gasteiger partial charge >= 0.3 is 16.1 Å². The molecule has 82 valence electrons. The largest absolute Gasteiger partial charge is 0.377 e. The topological polar surface area (TPSA) is 80.7 Å². The average Bonchev–Trinajstić information content (AvgIpc) is 2.15. The van der Waals surface area contributed by atoms with Gasteiger partial charge in [-0.3, -0.25) is 0 Å². The highest BCUT2D eigenvalue weighted by atomic mass is 32.2. The lowest BCUT2D eigenvalue weighted by atomic mass is 10.1. The van der Waals surface area contributed by atoms with E-state index in [1.54, 1.807) is 18.2 Å². The van der Waals surface area contributed by atoms with Crippen LogP contribution < -0.4 is 0 Å². The van der Waals surface area contributed by atoms with Gasteiger partial charge in [-0.2, -0.15) is 8.42 Å². The van der Waals surface area contributed by atoms with Crippen LogP contribution in [-0.2, 0) is 19.1 Å². The molecule has 0 aliphatic rings. The molecule has 1 unspecified atom stereocenters. The predicted octanol–water partition coefficient (Wildman–Crippen LogP) is 0.223. The number of benzene rings is 1. The number of aliphatic hydroxyl groups excluding tert-OH is 1. The van der Waals surface area contributed by atoms with Crippen molar-refractivity contribution in [1.29, 1.82) is 0 Å². The molecule has 0 spiro atoms. The van der Waals surface area contributed by atoms with Crippen LogP contribution in [0.5, 0.6) is 0 Å². The first-order valence-corrected chi connectivity index (χ1v) is 5.88. The highest BCUT2D eigenvalue weighted by Crippen LogP contribution is 2.14. The molecule has 0 aliphatic carbocycles. The Kier molecular flexibility index (Phi) is 3.43. The summed E-state index contributed by atoms with van der Waals surface area (Å²) in [6, 6.07) is 7.93. The van der Waals surface area contributed by atoms with E-state index >= 15 is 0 Å². The van der Waals surface area contributed by atoms with Crippen LogP contribution in [0.2, 0.25) is 0 Å². The van der Waals surface area contributed by atoms with Gasteiger partial charge in [0.15, 0.2) is 6.10 Å². The number of hydrogen-bond acceptors (Lipinski definition) is 5. The summed E-state index contributed by atoms with van der Waals surface area (Å²) in [6.45, 7) is 0. The number of rotatable bonds is 3. The summed E-state index contributed by atoms with van der Waals surface area (Å²) in [5, 5.41) is 9.41. The van der Waals surface area contributed by atoms with Crippen molar-refractivity contribution in [3.8, 4) is 0 Å². The van der Waals surface area contributed by atoms with Crippen LogP contribution in [0.25, 0.3) is 0 Å². The van der Waals surface area contributed by atoms with Gasteiger partial charge in [0, 0.05) is 0 Å². The molecule has 1 aromatic carbocycles. The molecule has 0 saturated heterocycles. The van der Waals surface area contributed by atoms with Crippen molar-refractivity contribution in [3.05, 3.63) is 35.9 Å². The van der Waals surface area contributed by atoms with Gasteiger partial charge in [0.2, 0.25) is 0 Å². The molecular weight excluding hydrogens is 220 g/mol. The van der Waals surface area contributed by atoms with E-state index in [1.165, 1.54) is 12.1 Å². The van der Waals surface area contributed by atoms with Crippen molar-refractivity contribution in [2.24, 2.45) is 0 Å². The molecule has 0 aromatic heterocycles. The van der Waals surface area contributed by atoms with E-state index in [2.05, 4.69) is 4.18 Å². The van der Waals surface area contributed by atoms with Crippen LogP contribution in [-0.4, -0.2) is 25.7 Å². The number of carbonyl (C=O) groups is 1. The first kappa shape index (κ1) is 11.7. The first-order valence-electron chi connectivity index (χ1n) is 4.06. The van der Waals surface area contributed by atoms with Crippen molar-refractivity contribution in [3.63, 3.8) is 0 Å². The monoisotopic (exact) mass is 230 g/mol. The van der Waals surface area contributed by atoms with E-state index < -0.39 is 22.2 Å². The first-order chi connectivity index (χ1) is 6.90. The zero-order valence-corrected chi connectivity index (χ0v) is 8.77. The van der Waals surface area contributed by atoms with Crippen molar-refractivity contribution in [2.75, 3.05) is 6.26 Å². The third-order valence-electron chi connectivity index (χ3n) is 1.57. The van der Waals surface area contributed by atoms with Crippen molar-refractivity contribution in [2.45, 2.75) is 6.10 Å². The van der Waals surface area contributed by atoms with E-state index in [0.29, 0.717) is 0 Å². The Labute approximate surface area is 87.4 Å². The van der Waals surface area contributed by atoms with Crippen LogP contribution in [0, 0.1) is 0 Å². The normalized spacial score (nSPS) is 13.2. The summed E-state index contributed by atoms with van der Waals surface area (Å²) in [4.78, 5) is 11.1. The van der Waals surface area contributed by atoms with Gasteiger partial charge in [-0.25, -0.2) is 4.79 Å². The SMILES string of the molecule is CS(=O)(=O)OC(=O)C(O)c1ccccc1. The van der Waals surface area contributed by atoms with E-state index in [-0.39, 0.29) is 5.56 Å². The molecule has 0 fully saturated rings. The molecule has 15 heavy (non-hydrogen) atoms. The maximum atomic E-state index is 11.1. The van der Waals surface area contributed by atoms with Crippen molar-refractivity contribution < 1.29 is 22.5 Å². The van der Waals surface area contributed by atoms with E-state index in [4.69, 9.17) is 0 Å². The molecule has 6 heteroatoms. The van der Waals surface area contributed by atoms with Gasteiger partial charge in [-0.15, -0.1) is 0 Å². The van der Waals surface area contributed by atoms with E-state index in [0.717, 1.165) is 6.26 Å². The third kappa shape index (κ3) is 3.69. The Morgan fingerprint density at radius 1 is 1.33 bits per heavy atom. The summed E-state index contributed by atoms with van der Waals surface area (Å²) in [5.74, 6) is -1.20. The zero-order valence-electron chi connectivity index (χ0n) is 7.95. The fourth-order valence-corrected chi connectivity index (χ4v) is 1.36. The molecule has 0 heterocycles. The Balaban J connectivity index is 2.78. The minimum absolute atomic E-state index is 0.283. The minimum atomic E-state index is -3.89. The predicted molar refractivity (Wildman–Crippen MR) is 52.3 cm³/mol. The third-order valence-corrected chi connectivity index (χ3v) is 2.04. The minimum Gasteiger partial charge on any atom is -0.377 e. The molecule has 1 aromatic rings. The summed E-state index contributed by atoms with van der Waals surface area (Å²) in [6.07, 6.45) is -0.844. The van der Waals surface area contributed by atoms with Gasteiger partial charge in [0.05, 0.1) is 6.26 Å². The molecular formula is C9H10O5S. The summed E-state index contributed by atoms with van der Waals surface area (Å²) in [5.41, 5.74) is 0.283. The maximum absolute atomic E-state index is 11.1. The molecule has 0 aliphatic heterocycles. The van der Waals surface area contributed by atoms with Crippen LogP contribution in [0.1, 0.15) is 11.7 Å². The Morgan fingerprint density at radius 3 is 2.33 bits per heavy atom. The van der Waals surface area contributed by atoms with E-state index in [1.807, 2.05) is 0 Å². The molecule has 5 nitrogen and oxygen atoms in total. The second kappa shape index (κ2) is 4.41. The molecule has 0 radical (unpaired) electrons. The van der Waals surface area contributed by atoms with E-state index in [9.17, 15) is 18.3 Å². The Hall–Kier alpha value is -1.40. The summed E-state index contributed by atoms with van der Waals surface area (Å²) >= 11 is 0. The fourth-order valence-electron chi connectivity index (χ4n) is 0.966. The average molecular weight is 230 g/mol. The highest BCUT2D eigenvalue weighted by Gasteiger charge is 2.22. The Bertz CT molecular complexity index is 437. The van der Waals surface area contributed by atoms with Gasteiger partial charge in [0.1, 0.15) is 0 Å². The lowest BCUT2D eigenvalue weighted by Crippen LogP contribution is -2.18. The molecule has 0 bridgehead atoms. The van der Waals surface area contributed by atoms with Gasteiger partial charge in [0.25, 0.3) is 0 Å². The van der Waals surface area contributed by atoms with Crippen LogP contribution >= 0.6 is 0 Å². The van der Waals surface area contributed by atoms with Gasteiger partial charge in [-0.1, -0.05) is 30.3 Å². The fraction of sp³-hybridized carbons (Fsp3) is 0.222. The maximum Gasteiger partial charge on any atom is 0.355 e. The van der Waals surface area contributed by atoms with Crippen molar-refractivity contribution in [1.82, 2.24) is 0 Å². The zero-order chi connectivity index (χ0) is 11.5. The lowest BCUT2D eigenvalue weighted by Gasteiger charge is -2.08. The van der Waals surface area contributed by atoms with Crippen LogP contribution in [0.3, 0.4) is 0 Å². The van der Waals surface area contributed by atoms with Gasteiger partial charge < -0.3 is 9.29 Å². The second-order valence-corrected chi connectivity index (χ2v) is 4.49. The second-order valence-electron chi connectivity index (χ2n) is 2.92. The number of aliphatic hydroxyl groups is 1. The highest BCUT2D eigenvalue weighted by molar-refractivity contribution is 7.86. The van der Waals surface area contributed by atoms with Gasteiger partial charge in [-0.05, 0) is 5.56 Å². The number of carbonyl (C=O) groups excluding carboxylic acids is 1. The van der Waals surface area contributed by atoms with Crippen LogP contribution in [0.15, 0.2) is 30.3 Å². The molecule has 1 atom stereocenters. The molecule has 1 N–H and O–H groups in total. The molecule has 1 rings (SSSR count). The van der Waals surface area contributed by atoms with Crippen LogP contribution in [0.4, 0.5) is 0 Å². The standard InChI is InChI=1S/C9H10O5S/c1-15(12,13)14-9(11)8(10)7-5-3-2-4-6-7/h2-6,8,10H,1H3. The molecule has 0 saturated carbocycles. The summed E-state index contributed by atoms with van der Waals surface area (Å²) in [7, 11) is -3.89. The molecule has 0 amide bonds. The Morgan fingerprint density at radius 2 is 1.87 bits per heavy atom. The van der Waals surface area contributed by atoms with Crippen molar-refractivity contribution >= 4 is 16.1 Å². The number of hydrogen-bond donors (Lipinski definition) is 1. The smallest absolute Gasteiger partial charge is 0.355 e. The summed E-state index contributed by atoms with van der Waals surface area (Å²) < 4.78 is 25.3. The lowest BCUT2D eigenvalue weighted by molar-refractivity contribution is -0.143. The quantitative estimate of drug-likeness (QED) is 0.751.